The van der Waals surface area contributed by atoms with Crippen molar-refractivity contribution in [2.45, 2.75) is 20.4 Å². The number of rotatable bonds is 3. The molecule has 1 N–H and O–H groups in total. The Kier molecular flexibility index (Phi) is 4.28. The van der Waals surface area contributed by atoms with Crippen LogP contribution in [0.3, 0.4) is 0 Å². The lowest BCUT2D eigenvalue weighted by Gasteiger charge is -2.07. The Labute approximate surface area is 158 Å². The quantitative estimate of drug-likeness (QED) is 0.578. The maximum atomic E-state index is 13.5. The van der Waals surface area contributed by atoms with Crippen LogP contribution in [0.2, 0.25) is 0 Å². The number of benzene rings is 2. The number of nitrogens with one attached hydrogen (secondary N) is 1. The molecule has 0 unspecified atom stereocenters. The van der Waals surface area contributed by atoms with E-state index >= 15 is 0 Å². The molecule has 0 aliphatic carbocycles. The second-order valence-corrected chi connectivity index (χ2v) is 7.78. The number of aryl methyl sites for hydroxylation is 2. The first kappa shape index (κ1) is 17.4. The molecule has 0 spiro atoms. The van der Waals surface area contributed by atoms with E-state index in [9.17, 15) is 14.0 Å². The zero-order valence-corrected chi connectivity index (χ0v) is 15.7. The Morgan fingerprint density at radius 1 is 1.07 bits per heavy atom. The summed E-state index contributed by atoms with van der Waals surface area (Å²) >= 11 is 1.39. The SMILES string of the molecule is Cc1ccc(-c2c(C)sc3[nH]c(=O)n(Cc4cccc(F)c4)c(=O)c23)cc1. The molecule has 0 bridgehead atoms. The highest BCUT2D eigenvalue weighted by atomic mass is 32.1. The molecule has 136 valence electrons. The van der Waals surface area contributed by atoms with Crippen molar-refractivity contribution >= 4 is 21.6 Å². The third-order valence-electron chi connectivity index (χ3n) is 4.58. The van der Waals surface area contributed by atoms with Gasteiger partial charge in [-0.15, -0.1) is 11.3 Å². The van der Waals surface area contributed by atoms with Crippen LogP contribution in [0.1, 0.15) is 16.0 Å². The molecular formula is C21H17FN2O2S. The average Bonchev–Trinajstić information content (AvgIpc) is 2.95. The van der Waals surface area contributed by atoms with Crippen LogP contribution in [0.4, 0.5) is 4.39 Å². The summed E-state index contributed by atoms with van der Waals surface area (Å²) in [6.07, 6.45) is 0. The Morgan fingerprint density at radius 3 is 2.52 bits per heavy atom. The highest BCUT2D eigenvalue weighted by Crippen LogP contribution is 2.35. The van der Waals surface area contributed by atoms with Crippen molar-refractivity contribution < 1.29 is 4.39 Å². The second kappa shape index (κ2) is 6.63. The van der Waals surface area contributed by atoms with E-state index in [1.165, 1.54) is 23.5 Å². The average molecular weight is 380 g/mol. The van der Waals surface area contributed by atoms with Crippen molar-refractivity contribution in [1.29, 1.82) is 0 Å². The van der Waals surface area contributed by atoms with Crippen LogP contribution < -0.4 is 11.2 Å². The van der Waals surface area contributed by atoms with Gasteiger partial charge in [-0.2, -0.15) is 0 Å². The van der Waals surface area contributed by atoms with Gasteiger partial charge in [0.25, 0.3) is 5.56 Å². The number of hydrogen-bond donors (Lipinski definition) is 1. The molecule has 0 aliphatic heterocycles. The zero-order valence-electron chi connectivity index (χ0n) is 14.9. The molecule has 27 heavy (non-hydrogen) atoms. The fraction of sp³-hybridized carbons (Fsp3) is 0.143. The van der Waals surface area contributed by atoms with Gasteiger partial charge in [-0.1, -0.05) is 42.0 Å². The highest BCUT2D eigenvalue weighted by Gasteiger charge is 2.18. The molecule has 0 fully saturated rings. The van der Waals surface area contributed by atoms with Gasteiger partial charge < -0.3 is 0 Å². The number of thiophene rings is 1. The van der Waals surface area contributed by atoms with E-state index in [1.807, 2.05) is 38.1 Å². The summed E-state index contributed by atoms with van der Waals surface area (Å²) in [5.41, 5.74) is 2.61. The number of aromatic nitrogens is 2. The Morgan fingerprint density at radius 2 is 1.81 bits per heavy atom. The second-order valence-electron chi connectivity index (χ2n) is 6.55. The van der Waals surface area contributed by atoms with Crippen LogP contribution in [-0.4, -0.2) is 9.55 Å². The summed E-state index contributed by atoms with van der Waals surface area (Å²) < 4.78 is 14.6. The van der Waals surface area contributed by atoms with Crippen molar-refractivity contribution in [3.05, 3.63) is 91.2 Å². The molecule has 0 atom stereocenters. The highest BCUT2D eigenvalue weighted by molar-refractivity contribution is 7.19. The third-order valence-corrected chi connectivity index (χ3v) is 5.60. The van der Waals surface area contributed by atoms with E-state index in [2.05, 4.69) is 4.98 Å². The van der Waals surface area contributed by atoms with Crippen LogP contribution >= 0.6 is 11.3 Å². The molecule has 2 aromatic heterocycles. The van der Waals surface area contributed by atoms with E-state index in [0.717, 1.165) is 26.1 Å². The molecule has 0 saturated carbocycles. The van der Waals surface area contributed by atoms with Gasteiger partial charge in [0, 0.05) is 10.4 Å². The first-order chi connectivity index (χ1) is 12.9. The molecule has 0 aliphatic rings. The minimum absolute atomic E-state index is 0.0180. The molecule has 0 radical (unpaired) electrons. The van der Waals surface area contributed by atoms with Crippen LogP contribution in [0.5, 0.6) is 0 Å². The monoisotopic (exact) mass is 380 g/mol. The summed E-state index contributed by atoms with van der Waals surface area (Å²) in [6.45, 7) is 3.96. The number of halogens is 1. The third kappa shape index (κ3) is 3.13. The van der Waals surface area contributed by atoms with Gasteiger partial charge in [0.1, 0.15) is 10.6 Å². The number of aromatic amines is 1. The van der Waals surface area contributed by atoms with E-state index < -0.39 is 11.5 Å². The lowest BCUT2D eigenvalue weighted by Crippen LogP contribution is -2.35. The molecule has 0 saturated heterocycles. The fourth-order valence-corrected chi connectivity index (χ4v) is 4.32. The van der Waals surface area contributed by atoms with Crippen LogP contribution in [0, 0.1) is 19.7 Å². The summed E-state index contributed by atoms with van der Waals surface area (Å²) in [6, 6.07) is 13.9. The Hall–Kier alpha value is -2.99. The lowest BCUT2D eigenvalue weighted by atomic mass is 10.0. The van der Waals surface area contributed by atoms with Gasteiger partial charge in [0.05, 0.1) is 11.9 Å². The molecule has 4 aromatic rings. The molecular weight excluding hydrogens is 363 g/mol. The normalized spacial score (nSPS) is 11.2. The zero-order chi connectivity index (χ0) is 19.1. The topological polar surface area (TPSA) is 54.9 Å². The van der Waals surface area contributed by atoms with Gasteiger partial charge in [0.2, 0.25) is 0 Å². The van der Waals surface area contributed by atoms with Crippen molar-refractivity contribution in [3.63, 3.8) is 0 Å². The summed E-state index contributed by atoms with van der Waals surface area (Å²) in [4.78, 5) is 30.0. The predicted octanol–water partition coefficient (Wildman–Crippen LogP) is 4.22. The molecule has 2 aromatic carbocycles. The first-order valence-electron chi connectivity index (χ1n) is 8.52. The number of nitrogens with zero attached hydrogens (tertiary/aromatic N) is 1. The predicted molar refractivity (Wildman–Crippen MR) is 107 cm³/mol. The van der Waals surface area contributed by atoms with Gasteiger partial charge in [-0.3, -0.25) is 14.3 Å². The van der Waals surface area contributed by atoms with Gasteiger partial charge in [0.15, 0.2) is 0 Å². The van der Waals surface area contributed by atoms with E-state index in [-0.39, 0.29) is 12.1 Å². The number of fused-ring (bicyclic) bond motifs is 1. The number of H-pyrrole nitrogens is 1. The van der Waals surface area contributed by atoms with Crippen molar-refractivity contribution in [1.82, 2.24) is 9.55 Å². The lowest BCUT2D eigenvalue weighted by molar-refractivity contribution is 0.621. The summed E-state index contributed by atoms with van der Waals surface area (Å²) in [5, 5.41) is 0.498. The molecule has 2 heterocycles. The van der Waals surface area contributed by atoms with Crippen LogP contribution in [0.25, 0.3) is 21.3 Å². The standard InChI is InChI=1S/C21H17FN2O2S/c1-12-6-8-15(9-7-12)17-13(2)27-19-18(17)20(25)24(21(26)23-19)11-14-4-3-5-16(22)10-14/h3-10H,11H2,1-2H3,(H,23,26). The Balaban J connectivity index is 1.94. The van der Waals surface area contributed by atoms with Crippen LogP contribution in [-0.2, 0) is 6.54 Å². The molecule has 0 amide bonds. The van der Waals surface area contributed by atoms with Gasteiger partial charge >= 0.3 is 5.69 Å². The van der Waals surface area contributed by atoms with Crippen LogP contribution in [0.15, 0.2) is 58.1 Å². The minimum atomic E-state index is -0.492. The first-order valence-corrected chi connectivity index (χ1v) is 9.33. The maximum Gasteiger partial charge on any atom is 0.329 e. The summed E-state index contributed by atoms with van der Waals surface area (Å²) in [7, 11) is 0. The summed E-state index contributed by atoms with van der Waals surface area (Å²) in [5.74, 6) is -0.398. The van der Waals surface area contributed by atoms with Gasteiger partial charge in [-0.05, 0) is 37.1 Å². The minimum Gasteiger partial charge on any atom is -0.298 e. The Bertz CT molecular complexity index is 1270. The largest absolute Gasteiger partial charge is 0.329 e. The molecule has 4 rings (SSSR count). The van der Waals surface area contributed by atoms with Crippen molar-refractivity contribution in [2.75, 3.05) is 0 Å². The fourth-order valence-electron chi connectivity index (χ4n) is 3.26. The maximum absolute atomic E-state index is 13.5. The van der Waals surface area contributed by atoms with E-state index in [0.29, 0.717) is 15.8 Å². The van der Waals surface area contributed by atoms with E-state index in [1.54, 1.807) is 12.1 Å². The smallest absolute Gasteiger partial charge is 0.298 e. The molecule has 6 heteroatoms. The van der Waals surface area contributed by atoms with Gasteiger partial charge in [-0.25, -0.2) is 9.18 Å². The van der Waals surface area contributed by atoms with Crippen molar-refractivity contribution in [2.24, 2.45) is 0 Å². The number of hydrogen-bond acceptors (Lipinski definition) is 3. The van der Waals surface area contributed by atoms with Crippen molar-refractivity contribution in [3.8, 4) is 11.1 Å². The van der Waals surface area contributed by atoms with E-state index in [4.69, 9.17) is 0 Å². The molecule has 4 nitrogen and oxygen atoms in total.